The van der Waals surface area contributed by atoms with Gasteiger partial charge in [-0.1, -0.05) is 0 Å². The normalized spacial score (nSPS) is 20.3. The molecule has 1 atom stereocenters. The number of rotatable bonds is 5. The Bertz CT molecular complexity index is 624. The molecule has 3 rings (SSSR count). The van der Waals surface area contributed by atoms with Crippen molar-refractivity contribution < 1.29 is 14.0 Å². The first kappa shape index (κ1) is 23.6. The van der Waals surface area contributed by atoms with Crippen molar-refractivity contribution in [2.45, 2.75) is 25.3 Å². The largest absolute Gasteiger partial charge is 0.353 e. The molecule has 0 aromatic heterocycles. The molecule has 152 valence electrons. The molecule has 1 aromatic carbocycles. The molecule has 1 aromatic rings. The van der Waals surface area contributed by atoms with Crippen molar-refractivity contribution in [3.63, 3.8) is 0 Å². The van der Waals surface area contributed by atoms with E-state index in [1.54, 1.807) is 0 Å². The molecule has 0 aliphatic carbocycles. The predicted molar refractivity (Wildman–Crippen MR) is 107 cm³/mol. The SMILES string of the molecule is Cl.Cl.O=C(NCCNC(=O)C1CC2(CCNCC2)CN1)c1ccc(F)cc1. The van der Waals surface area contributed by atoms with E-state index in [0.29, 0.717) is 18.7 Å². The number of nitrogens with one attached hydrogen (secondary N) is 4. The fraction of sp³-hybridized carbons (Fsp3) is 0.556. The van der Waals surface area contributed by atoms with Crippen molar-refractivity contribution in [3.05, 3.63) is 35.6 Å². The molecule has 2 heterocycles. The maximum Gasteiger partial charge on any atom is 0.251 e. The summed E-state index contributed by atoms with van der Waals surface area (Å²) in [6.07, 6.45) is 3.09. The number of carbonyl (C=O) groups excluding carboxylic acids is 2. The molecule has 2 aliphatic heterocycles. The Morgan fingerprint density at radius 2 is 1.70 bits per heavy atom. The summed E-state index contributed by atoms with van der Waals surface area (Å²) < 4.78 is 12.8. The molecule has 4 N–H and O–H groups in total. The van der Waals surface area contributed by atoms with Crippen molar-refractivity contribution in [2.75, 3.05) is 32.7 Å². The van der Waals surface area contributed by atoms with Gasteiger partial charge in [-0.15, -0.1) is 24.8 Å². The number of hydrogen-bond donors (Lipinski definition) is 4. The highest BCUT2D eigenvalue weighted by atomic mass is 35.5. The monoisotopic (exact) mass is 420 g/mol. The molecule has 0 saturated carbocycles. The van der Waals surface area contributed by atoms with Crippen LogP contribution in [-0.4, -0.2) is 50.6 Å². The predicted octanol–water partition coefficient (Wildman–Crippen LogP) is 1.25. The minimum Gasteiger partial charge on any atom is -0.353 e. The Morgan fingerprint density at radius 1 is 1.07 bits per heavy atom. The van der Waals surface area contributed by atoms with Crippen LogP contribution in [0.5, 0.6) is 0 Å². The molecule has 27 heavy (non-hydrogen) atoms. The average molecular weight is 421 g/mol. The third kappa shape index (κ3) is 6.31. The van der Waals surface area contributed by atoms with Gasteiger partial charge in [-0.05, 0) is 62.0 Å². The Balaban J connectivity index is 0.00000182. The lowest BCUT2D eigenvalue weighted by Gasteiger charge is -2.33. The highest BCUT2D eigenvalue weighted by molar-refractivity contribution is 5.94. The van der Waals surface area contributed by atoms with Gasteiger partial charge in [-0.3, -0.25) is 9.59 Å². The van der Waals surface area contributed by atoms with E-state index in [4.69, 9.17) is 0 Å². The van der Waals surface area contributed by atoms with Gasteiger partial charge in [0.2, 0.25) is 5.91 Å². The fourth-order valence-corrected chi connectivity index (χ4v) is 3.63. The van der Waals surface area contributed by atoms with Crippen LogP contribution < -0.4 is 21.3 Å². The van der Waals surface area contributed by atoms with E-state index in [1.807, 2.05) is 0 Å². The van der Waals surface area contributed by atoms with Gasteiger partial charge in [0.05, 0.1) is 6.04 Å². The van der Waals surface area contributed by atoms with Gasteiger partial charge in [0, 0.05) is 25.2 Å². The zero-order valence-electron chi connectivity index (χ0n) is 15.1. The minimum atomic E-state index is -0.376. The molecule has 2 aliphatic rings. The van der Waals surface area contributed by atoms with Crippen molar-refractivity contribution in [3.8, 4) is 0 Å². The quantitative estimate of drug-likeness (QED) is 0.540. The van der Waals surface area contributed by atoms with E-state index in [1.165, 1.54) is 24.3 Å². The van der Waals surface area contributed by atoms with Gasteiger partial charge in [0.1, 0.15) is 5.82 Å². The highest BCUT2D eigenvalue weighted by Gasteiger charge is 2.41. The molecule has 1 spiro atoms. The second-order valence-electron chi connectivity index (χ2n) is 6.94. The molecule has 0 bridgehead atoms. The van der Waals surface area contributed by atoms with E-state index in [-0.39, 0.29) is 53.9 Å². The first-order chi connectivity index (χ1) is 12.1. The van der Waals surface area contributed by atoms with Crippen LogP contribution in [0.15, 0.2) is 24.3 Å². The first-order valence-corrected chi connectivity index (χ1v) is 8.84. The van der Waals surface area contributed by atoms with Gasteiger partial charge in [-0.2, -0.15) is 0 Å². The van der Waals surface area contributed by atoms with Crippen molar-refractivity contribution >= 4 is 36.6 Å². The van der Waals surface area contributed by atoms with Crippen LogP contribution in [0.2, 0.25) is 0 Å². The van der Waals surface area contributed by atoms with Crippen LogP contribution in [0.4, 0.5) is 4.39 Å². The summed E-state index contributed by atoms with van der Waals surface area (Å²) in [5.41, 5.74) is 0.655. The topological polar surface area (TPSA) is 82.3 Å². The molecule has 1 unspecified atom stereocenters. The molecule has 2 amide bonds. The average Bonchev–Trinajstić information content (AvgIpc) is 3.03. The van der Waals surface area contributed by atoms with Crippen molar-refractivity contribution in [1.82, 2.24) is 21.3 Å². The van der Waals surface area contributed by atoms with E-state index in [9.17, 15) is 14.0 Å². The molecule has 9 heteroatoms. The van der Waals surface area contributed by atoms with Gasteiger partial charge in [0.15, 0.2) is 0 Å². The molecule has 6 nitrogen and oxygen atoms in total. The van der Waals surface area contributed by atoms with Gasteiger partial charge in [-0.25, -0.2) is 4.39 Å². The van der Waals surface area contributed by atoms with Crippen LogP contribution in [0.25, 0.3) is 0 Å². The Hall–Kier alpha value is -1.41. The molecular weight excluding hydrogens is 394 g/mol. The van der Waals surface area contributed by atoms with E-state index < -0.39 is 0 Å². The van der Waals surface area contributed by atoms with Gasteiger partial charge in [0.25, 0.3) is 5.91 Å². The second-order valence-corrected chi connectivity index (χ2v) is 6.94. The first-order valence-electron chi connectivity index (χ1n) is 8.84. The Labute approximate surface area is 171 Å². The summed E-state index contributed by atoms with van der Waals surface area (Å²) in [5.74, 6) is -0.660. The smallest absolute Gasteiger partial charge is 0.251 e. The summed E-state index contributed by atoms with van der Waals surface area (Å²) in [6.45, 7) is 3.65. The zero-order valence-corrected chi connectivity index (χ0v) is 16.7. The summed E-state index contributed by atoms with van der Waals surface area (Å²) in [5, 5.41) is 12.3. The molecular formula is C18H27Cl2FN4O2. The van der Waals surface area contributed by atoms with Crippen molar-refractivity contribution in [1.29, 1.82) is 0 Å². The number of piperidine rings is 1. The van der Waals surface area contributed by atoms with E-state index in [2.05, 4.69) is 21.3 Å². The summed E-state index contributed by atoms with van der Waals surface area (Å²) in [6, 6.07) is 5.22. The Kier molecular flexibility index (Phi) is 9.45. The summed E-state index contributed by atoms with van der Waals surface area (Å²) in [4.78, 5) is 24.2. The number of hydrogen-bond acceptors (Lipinski definition) is 4. The number of halogens is 3. The highest BCUT2D eigenvalue weighted by Crippen LogP contribution is 2.37. The minimum absolute atomic E-state index is 0. The molecule has 2 saturated heterocycles. The van der Waals surface area contributed by atoms with Gasteiger partial charge < -0.3 is 21.3 Å². The lowest BCUT2D eigenvalue weighted by Crippen LogP contribution is -2.43. The fourth-order valence-electron chi connectivity index (χ4n) is 3.63. The summed E-state index contributed by atoms with van der Waals surface area (Å²) >= 11 is 0. The van der Waals surface area contributed by atoms with Crippen LogP contribution in [-0.2, 0) is 4.79 Å². The number of amides is 2. The van der Waals surface area contributed by atoms with Gasteiger partial charge >= 0.3 is 0 Å². The van der Waals surface area contributed by atoms with Crippen LogP contribution in [0.3, 0.4) is 0 Å². The zero-order chi connectivity index (χ0) is 17.7. The standard InChI is InChI=1S/C18H25FN4O2.2ClH/c19-14-3-1-13(2-4-14)16(24)21-9-10-22-17(25)15-11-18(12-23-15)5-7-20-8-6-18;;/h1-4,15,20,23H,5-12H2,(H,21,24)(H,22,25);2*1H. The van der Waals surface area contributed by atoms with Crippen LogP contribution >= 0.6 is 24.8 Å². The van der Waals surface area contributed by atoms with Crippen LogP contribution in [0.1, 0.15) is 29.6 Å². The van der Waals surface area contributed by atoms with Crippen LogP contribution in [0, 0.1) is 11.2 Å². The number of carbonyl (C=O) groups is 2. The second kappa shape index (κ2) is 10.8. The molecule has 0 radical (unpaired) electrons. The van der Waals surface area contributed by atoms with Crippen molar-refractivity contribution in [2.24, 2.45) is 5.41 Å². The lowest BCUT2D eigenvalue weighted by atomic mass is 9.77. The molecule has 2 fully saturated rings. The lowest BCUT2D eigenvalue weighted by molar-refractivity contribution is -0.122. The third-order valence-corrected chi connectivity index (χ3v) is 5.16. The van der Waals surface area contributed by atoms with E-state index in [0.717, 1.165) is 38.9 Å². The maximum atomic E-state index is 12.8. The summed E-state index contributed by atoms with van der Waals surface area (Å²) in [7, 11) is 0. The maximum absolute atomic E-state index is 12.8. The number of benzene rings is 1. The Morgan fingerprint density at radius 3 is 2.37 bits per heavy atom. The third-order valence-electron chi connectivity index (χ3n) is 5.16. The van der Waals surface area contributed by atoms with E-state index >= 15 is 0 Å².